The van der Waals surface area contributed by atoms with Crippen LogP contribution in [0.1, 0.15) is 13.3 Å². The molecule has 2 aliphatic rings. The van der Waals surface area contributed by atoms with E-state index < -0.39 is 0 Å². The van der Waals surface area contributed by atoms with Crippen molar-refractivity contribution in [2.24, 2.45) is 5.73 Å². The SMILES string of the molecule is CC1OC([C@@H]2C[C@@H](N)CN2)O1. The summed E-state index contributed by atoms with van der Waals surface area (Å²) in [4.78, 5) is 0. The Balaban J connectivity index is 1.79. The monoisotopic (exact) mass is 158 g/mol. The minimum atomic E-state index is -0.0569. The van der Waals surface area contributed by atoms with Crippen LogP contribution in [-0.2, 0) is 9.47 Å². The zero-order chi connectivity index (χ0) is 7.84. The number of ether oxygens (including phenoxy) is 2. The van der Waals surface area contributed by atoms with E-state index in [4.69, 9.17) is 15.2 Å². The zero-order valence-electron chi connectivity index (χ0n) is 6.62. The standard InChI is InChI=1S/C7H14N2O2/c1-4-10-7(11-4)6-2-5(8)3-9-6/h4-7,9H,2-3,8H2,1H3/t4?,5-,6+,7?/m1/s1. The normalized spacial score (nSPS) is 50.7. The van der Waals surface area contributed by atoms with E-state index in [1.807, 2.05) is 6.92 Å². The maximum Gasteiger partial charge on any atom is 0.179 e. The summed E-state index contributed by atoms with van der Waals surface area (Å²) in [7, 11) is 0. The summed E-state index contributed by atoms with van der Waals surface area (Å²) < 4.78 is 10.7. The highest BCUT2D eigenvalue weighted by atomic mass is 16.9. The van der Waals surface area contributed by atoms with Gasteiger partial charge in [-0.2, -0.15) is 0 Å². The van der Waals surface area contributed by atoms with Crippen molar-refractivity contribution in [3.8, 4) is 0 Å². The first-order chi connectivity index (χ1) is 5.25. The molecule has 64 valence electrons. The smallest absolute Gasteiger partial charge is 0.179 e. The number of nitrogens with two attached hydrogens (primary N) is 1. The molecule has 0 saturated carbocycles. The van der Waals surface area contributed by atoms with Gasteiger partial charge in [0.1, 0.15) is 0 Å². The Morgan fingerprint density at radius 1 is 1.45 bits per heavy atom. The number of hydrogen-bond donors (Lipinski definition) is 2. The third kappa shape index (κ3) is 1.39. The second-order valence-corrected chi connectivity index (χ2v) is 3.22. The van der Waals surface area contributed by atoms with Gasteiger partial charge in [0.05, 0.1) is 6.04 Å². The molecule has 0 amide bonds. The molecule has 2 aliphatic heterocycles. The summed E-state index contributed by atoms with van der Waals surface area (Å²) in [6.45, 7) is 2.77. The lowest BCUT2D eigenvalue weighted by Gasteiger charge is -2.37. The first kappa shape index (κ1) is 7.49. The molecule has 0 radical (unpaired) electrons. The topological polar surface area (TPSA) is 56.5 Å². The Morgan fingerprint density at radius 2 is 2.18 bits per heavy atom. The molecule has 2 heterocycles. The van der Waals surface area contributed by atoms with Gasteiger partial charge in [0.2, 0.25) is 0 Å². The molecule has 0 aromatic rings. The predicted octanol–water partition coefficient (Wildman–Crippen LogP) is -0.605. The van der Waals surface area contributed by atoms with E-state index in [0.717, 1.165) is 13.0 Å². The fourth-order valence-corrected chi connectivity index (χ4v) is 1.58. The van der Waals surface area contributed by atoms with Gasteiger partial charge in [0.15, 0.2) is 12.6 Å². The summed E-state index contributed by atoms with van der Waals surface area (Å²) >= 11 is 0. The van der Waals surface area contributed by atoms with Crippen molar-refractivity contribution in [3.63, 3.8) is 0 Å². The Hall–Kier alpha value is -0.160. The van der Waals surface area contributed by atoms with Gasteiger partial charge in [-0.3, -0.25) is 0 Å². The van der Waals surface area contributed by atoms with Gasteiger partial charge in [-0.15, -0.1) is 0 Å². The molecule has 0 bridgehead atoms. The molecule has 4 heteroatoms. The van der Waals surface area contributed by atoms with Gasteiger partial charge in [0.25, 0.3) is 0 Å². The second kappa shape index (κ2) is 2.71. The number of hydrogen-bond acceptors (Lipinski definition) is 4. The zero-order valence-corrected chi connectivity index (χ0v) is 6.62. The van der Waals surface area contributed by atoms with Crippen molar-refractivity contribution >= 4 is 0 Å². The molecule has 0 aromatic heterocycles. The average molecular weight is 158 g/mol. The lowest BCUT2D eigenvalue weighted by Crippen LogP contribution is -2.50. The molecule has 2 fully saturated rings. The summed E-state index contributed by atoms with van der Waals surface area (Å²) in [5, 5.41) is 3.25. The van der Waals surface area contributed by atoms with Gasteiger partial charge in [-0.1, -0.05) is 0 Å². The molecule has 2 rings (SSSR count). The lowest BCUT2D eigenvalue weighted by molar-refractivity contribution is -0.382. The van der Waals surface area contributed by atoms with Crippen molar-refractivity contribution in [2.75, 3.05) is 6.54 Å². The van der Waals surface area contributed by atoms with Gasteiger partial charge in [-0.05, 0) is 13.3 Å². The molecule has 0 spiro atoms. The van der Waals surface area contributed by atoms with E-state index in [9.17, 15) is 0 Å². The van der Waals surface area contributed by atoms with E-state index >= 15 is 0 Å². The first-order valence-electron chi connectivity index (χ1n) is 4.05. The van der Waals surface area contributed by atoms with E-state index in [1.165, 1.54) is 0 Å². The van der Waals surface area contributed by atoms with Crippen molar-refractivity contribution < 1.29 is 9.47 Å². The molecular formula is C7H14N2O2. The third-order valence-corrected chi connectivity index (χ3v) is 2.18. The summed E-state index contributed by atoms with van der Waals surface area (Å²) in [5.41, 5.74) is 5.70. The van der Waals surface area contributed by atoms with E-state index in [-0.39, 0.29) is 18.6 Å². The molecule has 2 atom stereocenters. The van der Waals surface area contributed by atoms with Crippen LogP contribution in [0.4, 0.5) is 0 Å². The molecule has 0 aromatic carbocycles. The van der Waals surface area contributed by atoms with Crippen LogP contribution in [0.2, 0.25) is 0 Å². The highest BCUT2D eigenvalue weighted by Crippen LogP contribution is 2.23. The maximum atomic E-state index is 5.70. The van der Waals surface area contributed by atoms with E-state index in [1.54, 1.807) is 0 Å². The van der Waals surface area contributed by atoms with E-state index in [2.05, 4.69) is 5.32 Å². The Kier molecular flexibility index (Phi) is 1.85. The predicted molar refractivity (Wildman–Crippen MR) is 39.8 cm³/mol. The Labute approximate surface area is 66.0 Å². The Morgan fingerprint density at radius 3 is 2.64 bits per heavy atom. The van der Waals surface area contributed by atoms with Crippen LogP contribution >= 0.6 is 0 Å². The van der Waals surface area contributed by atoms with Gasteiger partial charge >= 0.3 is 0 Å². The van der Waals surface area contributed by atoms with Crippen molar-refractivity contribution in [1.29, 1.82) is 0 Å². The largest absolute Gasteiger partial charge is 0.326 e. The second-order valence-electron chi connectivity index (χ2n) is 3.22. The average Bonchev–Trinajstić information content (AvgIpc) is 2.29. The van der Waals surface area contributed by atoms with Crippen molar-refractivity contribution in [1.82, 2.24) is 5.32 Å². The van der Waals surface area contributed by atoms with Crippen LogP contribution in [0.25, 0.3) is 0 Å². The molecule has 0 unspecified atom stereocenters. The summed E-state index contributed by atoms with van der Waals surface area (Å²) in [6, 6.07) is 0.573. The Bertz CT molecular complexity index is 147. The first-order valence-corrected chi connectivity index (χ1v) is 4.05. The molecule has 3 N–H and O–H groups in total. The van der Waals surface area contributed by atoms with Crippen LogP contribution in [0.3, 0.4) is 0 Å². The third-order valence-electron chi connectivity index (χ3n) is 2.18. The van der Waals surface area contributed by atoms with Crippen LogP contribution in [0.15, 0.2) is 0 Å². The molecule has 4 nitrogen and oxygen atoms in total. The quantitative estimate of drug-likeness (QED) is 0.535. The number of rotatable bonds is 1. The van der Waals surface area contributed by atoms with Crippen LogP contribution in [0.5, 0.6) is 0 Å². The summed E-state index contributed by atoms with van der Waals surface area (Å²) in [6.07, 6.45) is 0.870. The minimum Gasteiger partial charge on any atom is -0.326 e. The van der Waals surface area contributed by atoms with Crippen molar-refractivity contribution in [3.05, 3.63) is 0 Å². The van der Waals surface area contributed by atoms with Crippen LogP contribution < -0.4 is 11.1 Å². The van der Waals surface area contributed by atoms with Crippen molar-refractivity contribution in [2.45, 2.75) is 38.0 Å². The van der Waals surface area contributed by atoms with Crippen LogP contribution in [-0.4, -0.2) is 31.2 Å². The fourth-order valence-electron chi connectivity index (χ4n) is 1.58. The van der Waals surface area contributed by atoms with Gasteiger partial charge in [-0.25, -0.2) is 0 Å². The summed E-state index contributed by atoms with van der Waals surface area (Å²) in [5.74, 6) is 0. The molecule has 2 saturated heterocycles. The highest BCUT2D eigenvalue weighted by Gasteiger charge is 2.37. The van der Waals surface area contributed by atoms with E-state index in [0.29, 0.717) is 6.04 Å². The number of nitrogens with one attached hydrogen (secondary N) is 1. The fraction of sp³-hybridized carbons (Fsp3) is 1.00. The lowest BCUT2D eigenvalue weighted by atomic mass is 10.1. The van der Waals surface area contributed by atoms with Crippen LogP contribution in [0, 0.1) is 0 Å². The molecular weight excluding hydrogens is 144 g/mol. The highest BCUT2D eigenvalue weighted by molar-refractivity contribution is 4.87. The minimum absolute atomic E-state index is 0.0291. The van der Waals surface area contributed by atoms with Gasteiger partial charge in [0, 0.05) is 12.6 Å². The molecule has 0 aliphatic carbocycles. The molecule has 11 heavy (non-hydrogen) atoms. The maximum absolute atomic E-state index is 5.70. The van der Waals surface area contributed by atoms with Gasteiger partial charge < -0.3 is 20.5 Å².